The Morgan fingerprint density at radius 3 is 2.90 bits per heavy atom. The first-order valence-electron chi connectivity index (χ1n) is 9.54. The number of nitrogens with zero attached hydrogens (tertiary/aromatic N) is 3. The van der Waals surface area contributed by atoms with E-state index in [0.29, 0.717) is 18.0 Å². The van der Waals surface area contributed by atoms with Gasteiger partial charge in [-0.1, -0.05) is 24.3 Å². The number of morpholine rings is 1. The molecule has 29 heavy (non-hydrogen) atoms. The first kappa shape index (κ1) is 18.2. The van der Waals surface area contributed by atoms with Gasteiger partial charge in [0.25, 0.3) is 5.91 Å². The van der Waals surface area contributed by atoms with Crippen molar-refractivity contribution in [2.24, 2.45) is 5.73 Å². The normalized spacial score (nSPS) is 17.7. The minimum absolute atomic E-state index is 0.211. The van der Waals surface area contributed by atoms with Crippen molar-refractivity contribution in [2.45, 2.75) is 12.6 Å². The highest BCUT2D eigenvalue weighted by Gasteiger charge is 2.29. The summed E-state index contributed by atoms with van der Waals surface area (Å²) in [6.07, 6.45) is 3.38. The fourth-order valence-electron chi connectivity index (χ4n) is 4.01. The molecular weight excluding hydrogens is 384 g/mol. The van der Waals surface area contributed by atoms with Crippen LogP contribution in [0.2, 0.25) is 0 Å². The first-order valence-corrected chi connectivity index (χ1v) is 10.4. The molecule has 0 radical (unpaired) electrons. The summed E-state index contributed by atoms with van der Waals surface area (Å²) in [6.45, 7) is 2.93. The lowest BCUT2D eigenvalue weighted by Gasteiger charge is -2.33. The number of hydrogen-bond acceptors (Lipinski definition) is 6. The second kappa shape index (κ2) is 7.51. The highest BCUT2D eigenvalue weighted by atomic mass is 32.1. The minimum atomic E-state index is -0.427. The summed E-state index contributed by atoms with van der Waals surface area (Å²) in [5, 5.41) is 2.12. The average Bonchev–Trinajstić information content (AvgIpc) is 3.14. The van der Waals surface area contributed by atoms with Crippen LogP contribution < -0.4 is 5.73 Å². The average molecular weight is 404 g/mol. The Morgan fingerprint density at radius 2 is 2.00 bits per heavy atom. The van der Waals surface area contributed by atoms with Gasteiger partial charge in [-0.3, -0.25) is 14.7 Å². The maximum Gasteiger partial charge on any atom is 0.259 e. The van der Waals surface area contributed by atoms with Crippen LogP contribution in [0.4, 0.5) is 0 Å². The van der Waals surface area contributed by atoms with Crippen molar-refractivity contribution < 1.29 is 9.53 Å². The summed E-state index contributed by atoms with van der Waals surface area (Å²) >= 11 is 1.34. The van der Waals surface area contributed by atoms with Gasteiger partial charge in [-0.25, -0.2) is 4.98 Å². The number of thiophene rings is 1. The molecule has 2 N–H and O–H groups in total. The molecule has 4 heterocycles. The van der Waals surface area contributed by atoms with Crippen LogP contribution in [0.1, 0.15) is 26.9 Å². The van der Waals surface area contributed by atoms with Crippen LogP contribution in [0.25, 0.3) is 21.1 Å². The van der Waals surface area contributed by atoms with Gasteiger partial charge in [0.1, 0.15) is 9.71 Å². The molecule has 146 valence electrons. The molecule has 7 heteroatoms. The van der Waals surface area contributed by atoms with Gasteiger partial charge < -0.3 is 10.5 Å². The molecule has 1 saturated heterocycles. The standard InChI is InChI=1S/C22H20N4O2S/c23-21(27)20-19(16-5-3-8-25-22(16)29-20)18-13-26(10-11-28-18)12-14-7-9-24-17-6-2-1-4-15(14)17/h1-9,18H,10-13H2,(H2,23,27). The molecule has 4 aromatic rings. The summed E-state index contributed by atoms with van der Waals surface area (Å²) in [6, 6.07) is 14.1. The molecule has 5 rings (SSSR count). The highest BCUT2D eigenvalue weighted by molar-refractivity contribution is 7.20. The molecule has 1 atom stereocenters. The van der Waals surface area contributed by atoms with E-state index in [1.54, 1.807) is 6.20 Å². The van der Waals surface area contributed by atoms with Crippen LogP contribution in [0.15, 0.2) is 54.9 Å². The number of nitrogens with two attached hydrogens (primary N) is 1. The molecule has 0 bridgehead atoms. The SMILES string of the molecule is NC(=O)c1sc2ncccc2c1C1CN(Cc2ccnc3ccccc23)CCO1. The van der Waals surface area contributed by atoms with E-state index < -0.39 is 5.91 Å². The van der Waals surface area contributed by atoms with Crippen LogP contribution >= 0.6 is 11.3 Å². The Labute approximate surface area is 171 Å². The van der Waals surface area contributed by atoms with Gasteiger partial charge in [0.05, 0.1) is 18.2 Å². The first-order chi connectivity index (χ1) is 14.2. The van der Waals surface area contributed by atoms with Crippen molar-refractivity contribution in [3.8, 4) is 0 Å². The Hall–Kier alpha value is -2.87. The van der Waals surface area contributed by atoms with Gasteiger partial charge in [-0.05, 0) is 23.8 Å². The number of fused-ring (bicyclic) bond motifs is 2. The maximum absolute atomic E-state index is 12.1. The van der Waals surface area contributed by atoms with Crippen molar-refractivity contribution in [2.75, 3.05) is 19.7 Å². The second-order valence-corrected chi connectivity index (χ2v) is 8.15. The molecule has 1 fully saturated rings. The molecule has 1 aromatic carbocycles. The Balaban J connectivity index is 1.46. The summed E-state index contributed by atoms with van der Waals surface area (Å²) in [4.78, 5) is 24.7. The molecule has 1 aliphatic heterocycles. The number of rotatable bonds is 4. The third-order valence-electron chi connectivity index (χ3n) is 5.33. The minimum Gasteiger partial charge on any atom is -0.371 e. The molecule has 0 saturated carbocycles. The number of primary amides is 1. The number of carbonyl (C=O) groups is 1. The van der Waals surface area contributed by atoms with E-state index in [-0.39, 0.29) is 6.10 Å². The third-order valence-corrected chi connectivity index (χ3v) is 6.48. The Bertz CT molecular complexity index is 1200. The lowest BCUT2D eigenvalue weighted by Crippen LogP contribution is -2.38. The van der Waals surface area contributed by atoms with E-state index in [2.05, 4.69) is 27.0 Å². The van der Waals surface area contributed by atoms with Crippen LogP contribution in [0.5, 0.6) is 0 Å². The number of carbonyl (C=O) groups excluding carboxylic acids is 1. The van der Waals surface area contributed by atoms with Gasteiger partial charge in [0, 0.05) is 48.4 Å². The van der Waals surface area contributed by atoms with Gasteiger partial charge >= 0.3 is 0 Å². The van der Waals surface area contributed by atoms with E-state index in [1.807, 2.05) is 36.5 Å². The van der Waals surface area contributed by atoms with Crippen LogP contribution in [-0.2, 0) is 11.3 Å². The van der Waals surface area contributed by atoms with Gasteiger partial charge in [0.2, 0.25) is 0 Å². The van der Waals surface area contributed by atoms with Gasteiger partial charge in [0.15, 0.2) is 0 Å². The molecule has 1 unspecified atom stereocenters. The summed E-state index contributed by atoms with van der Waals surface area (Å²) in [5.41, 5.74) is 8.78. The fraction of sp³-hybridized carbons (Fsp3) is 0.227. The number of pyridine rings is 2. The molecule has 6 nitrogen and oxygen atoms in total. The summed E-state index contributed by atoms with van der Waals surface area (Å²) in [7, 11) is 0. The smallest absolute Gasteiger partial charge is 0.259 e. The molecule has 0 aliphatic carbocycles. The molecule has 1 amide bonds. The zero-order valence-corrected chi connectivity index (χ0v) is 16.6. The number of para-hydroxylation sites is 1. The van der Waals surface area contributed by atoms with Crippen LogP contribution in [-0.4, -0.2) is 40.5 Å². The largest absolute Gasteiger partial charge is 0.371 e. The number of aromatic nitrogens is 2. The number of ether oxygens (including phenoxy) is 1. The predicted octanol–water partition coefficient (Wildman–Crippen LogP) is 3.52. The zero-order valence-electron chi connectivity index (χ0n) is 15.7. The predicted molar refractivity (Wildman–Crippen MR) is 114 cm³/mol. The number of benzene rings is 1. The van der Waals surface area contributed by atoms with E-state index in [1.165, 1.54) is 22.3 Å². The van der Waals surface area contributed by atoms with Crippen LogP contribution in [0.3, 0.4) is 0 Å². The van der Waals surface area contributed by atoms with E-state index in [9.17, 15) is 4.79 Å². The second-order valence-electron chi connectivity index (χ2n) is 7.15. The number of hydrogen-bond donors (Lipinski definition) is 1. The van der Waals surface area contributed by atoms with E-state index in [0.717, 1.165) is 34.4 Å². The summed E-state index contributed by atoms with van der Waals surface area (Å²) in [5.74, 6) is -0.427. The van der Waals surface area contributed by atoms with E-state index in [4.69, 9.17) is 10.5 Å². The van der Waals surface area contributed by atoms with Crippen molar-refractivity contribution in [1.29, 1.82) is 0 Å². The zero-order chi connectivity index (χ0) is 19.8. The lowest BCUT2D eigenvalue weighted by atomic mass is 10.0. The monoisotopic (exact) mass is 404 g/mol. The van der Waals surface area contributed by atoms with Crippen molar-refractivity contribution in [3.63, 3.8) is 0 Å². The molecule has 3 aromatic heterocycles. The van der Waals surface area contributed by atoms with Gasteiger partial charge in [-0.2, -0.15) is 0 Å². The number of amides is 1. The summed E-state index contributed by atoms with van der Waals surface area (Å²) < 4.78 is 6.09. The maximum atomic E-state index is 12.1. The lowest BCUT2D eigenvalue weighted by molar-refractivity contribution is -0.0321. The topological polar surface area (TPSA) is 81.3 Å². The van der Waals surface area contributed by atoms with Crippen LogP contribution in [0, 0.1) is 0 Å². The molecular formula is C22H20N4O2S. The third kappa shape index (κ3) is 3.37. The van der Waals surface area contributed by atoms with Crippen molar-refractivity contribution in [3.05, 3.63) is 70.9 Å². The molecule has 1 aliphatic rings. The highest BCUT2D eigenvalue weighted by Crippen LogP contribution is 2.37. The quantitative estimate of drug-likeness (QED) is 0.563. The molecule has 0 spiro atoms. The van der Waals surface area contributed by atoms with Crippen molar-refractivity contribution >= 4 is 38.4 Å². The van der Waals surface area contributed by atoms with E-state index >= 15 is 0 Å². The fourth-order valence-corrected chi connectivity index (χ4v) is 5.06. The Kier molecular flexibility index (Phi) is 4.71. The Morgan fingerprint density at radius 1 is 1.14 bits per heavy atom. The van der Waals surface area contributed by atoms with Gasteiger partial charge in [-0.15, -0.1) is 11.3 Å². The van der Waals surface area contributed by atoms with Crippen molar-refractivity contribution in [1.82, 2.24) is 14.9 Å².